The predicted molar refractivity (Wildman–Crippen MR) is 96.6 cm³/mol. The molecule has 26 heavy (non-hydrogen) atoms. The van der Waals surface area contributed by atoms with E-state index in [0.717, 1.165) is 54.8 Å². The Labute approximate surface area is 151 Å². The number of primary amides is 1. The molecule has 4 rings (SSSR count). The van der Waals surface area contributed by atoms with Gasteiger partial charge >= 0.3 is 0 Å². The summed E-state index contributed by atoms with van der Waals surface area (Å²) in [4.78, 5) is 17.8. The lowest BCUT2D eigenvalue weighted by atomic mass is 10.1. The summed E-state index contributed by atoms with van der Waals surface area (Å²) in [6.07, 6.45) is 7.17. The summed E-state index contributed by atoms with van der Waals surface area (Å²) in [5.41, 5.74) is 7.24. The molecule has 136 valence electrons. The van der Waals surface area contributed by atoms with E-state index >= 15 is 0 Å². The van der Waals surface area contributed by atoms with Gasteiger partial charge in [0.05, 0.1) is 11.2 Å². The van der Waals surface area contributed by atoms with Crippen molar-refractivity contribution in [2.45, 2.75) is 32.0 Å². The number of aromatic nitrogens is 2. The molecule has 1 aliphatic rings. The Kier molecular flexibility index (Phi) is 4.62. The molecule has 1 fully saturated rings. The number of likely N-dealkylation sites (tertiary alicyclic amines) is 1. The predicted octanol–water partition coefficient (Wildman–Crippen LogP) is 2.16. The van der Waals surface area contributed by atoms with Crippen molar-refractivity contribution in [3.05, 3.63) is 48.8 Å². The summed E-state index contributed by atoms with van der Waals surface area (Å²) < 4.78 is 13.2. The molecule has 1 aliphatic heterocycles. The monoisotopic (exact) mass is 354 g/mol. The van der Waals surface area contributed by atoms with Crippen LogP contribution >= 0.6 is 0 Å². The lowest BCUT2D eigenvalue weighted by molar-refractivity contribution is -0.118. The van der Waals surface area contributed by atoms with E-state index in [1.54, 1.807) is 6.26 Å². The van der Waals surface area contributed by atoms with Gasteiger partial charge in [-0.25, -0.2) is 4.98 Å². The zero-order valence-corrected chi connectivity index (χ0v) is 14.5. The maximum Gasteiger partial charge on any atom is 0.237 e. The molecule has 0 unspecified atom stereocenters. The quantitative estimate of drug-likeness (QED) is 0.733. The highest BCUT2D eigenvalue weighted by Gasteiger charge is 2.22. The largest absolute Gasteiger partial charge is 0.490 e. The lowest BCUT2D eigenvalue weighted by Gasteiger charge is -2.31. The first kappa shape index (κ1) is 16.7. The van der Waals surface area contributed by atoms with Crippen LogP contribution in [0, 0.1) is 0 Å². The Balaban J connectivity index is 1.40. The SMILES string of the molecule is NC(=O)Cn1ccc2c(OC3CCN(Cc4cocn4)CC3)cccc21. The minimum absolute atomic E-state index is 0.174. The Bertz CT molecular complexity index is 879. The van der Waals surface area contributed by atoms with E-state index < -0.39 is 0 Å². The van der Waals surface area contributed by atoms with Gasteiger partial charge in [0.2, 0.25) is 5.91 Å². The fraction of sp³-hybridized carbons (Fsp3) is 0.368. The first-order valence-electron chi connectivity index (χ1n) is 8.81. The van der Waals surface area contributed by atoms with E-state index in [4.69, 9.17) is 14.9 Å². The third-order valence-corrected chi connectivity index (χ3v) is 4.80. The number of piperidine rings is 1. The van der Waals surface area contributed by atoms with Crippen LogP contribution < -0.4 is 10.5 Å². The number of fused-ring (bicyclic) bond motifs is 1. The fourth-order valence-corrected chi connectivity index (χ4v) is 3.51. The molecule has 1 aromatic carbocycles. The minimum Gasteiger partial charge on any atom is -0.490 e. The van der Waals surface area contributed by atoms with Crippen molar-refractivity contribution in [2.24, 2.45) is 5.73 Å². The van der Waals surface area contributed by atoms with Gasteiger partial charge in [-0.3, -0.25) is 9.69 Å². The summed E-state index contributed by atoms with van der Waals surface area (Å²) in [6.45, 7) is 2.93. The molecule has 3 heterocycles. The number of oxazole rings is 1. The summed E-state index contributed by atoms with van der Waals surface area (Å²) in [5.74, 6) is 0.508. The van der Waals surface area contributed by atoms with Gasteiger partial charge in [-0.15, -0.1) is 0 Å². The Hall–Kier alpha value is -2.80. The number of nitrogens with two attached hydrogens (primary N) is 1. The van der Waals surface area contributed by atoms with Gasteiger partial charge in [0.1, 0.15) is 24.7 Å². The van der Waals surface area contributed by atoms with Gasteiger partial charge in [-0.05, 0) is 31.0 Å². The molecule has 2 aromatic heterocycles. The highest BCUT2D eigenvalue weighted by Crippen LogP contribution is 2.29. The summed E-state index contributed by atoms with van der Waals surface area (Å²) in [6, 6.07) is 7.90. The molecule has 1 amide bonds. The van der Waals surface area contributed by atoms with Crippen LogP contribution in [0.5, 0.6) is 5.75 Å². The molecule has 0 saturated carbocycles. The minimum atomic E-state index is -0.353. The van der Waals surface area contributed by atoms with Gasteiger partial charge in [-0.1, -0.05) is 6.07 Å². The maximum atomic E-state index is 11.2. The zero-order chi connectivity index (χ0) is 17.9. The molecule has 7 heteroatoms. The topological polar surface area (TPSA) is 86.5 Å². The van der Waals surface area contributed by atoms with Gasteiger partial charge in [0, 0.05) is 31.2 Å². The second-order valence-corrected chi connectivity index (χ2v) is 6.67. The number of amides is 1. The maximum absolute atomic E-state index is 11.2. The van der Waals surface area contributed by atoms with E-state index in [9.17, 15) is 4.79 Å². The fourth-order valence-electron chi connectivity index (χ4n) is 3.51. The first-order valence-corrected chi connectivity index (χ1v) is 8.81. The molecular formula is C19H22N4O3. The van der Waals surface area contributed by atoms with Crippen LogP contribution in [-0.4, -0.2) is 39.6 Å². The third-order valence-electron chi connectivity index (χ3n) is 4.80. The van der Waals surface area contributed by atoms with Crippen molar-refractivity contribution in [3.63, 3.8) is 0 Å². The number of hydrogen-bond donors (Lipinski definition) is 1. The van der Waals surface area contributed by atoms with Crippen LogP contribution in [-0.2, 0) is 17.9 Å². The van der Waals surface area contributed by atoms with Gasteiger partial charge in [-0.2, -0.15) is 0 Å². The average Bonchev–Trinajstić information content (AvgIpc) is 3.27. The molecule has 7 nitrogen and oxygen atoms in total. The van der Waals surface area contributed by atoms with Crippen molar-refractivity contribution in [3.8, 4) is 5.75 Å². The van der Waals surface area contributed by atoms with Crippen LogP contribution in [0.25, 0.3) is 10.9 Å². The number of ether oxygens (including phenoxy) is 1. The van der Waals surface area contributed by atoms with Gasteiger partial charge < -0.3 is 19.5 Å². The number of nitrogens with zero attached hydrogens (tertiary/aromatic N) is 3. The van der Waals surface area contributed by atoms with Crippen molar-refractivity contribution in [1.82, 2.24) is 14.5 Å². The molecule has 3 aromatic rings. The van der Waals surface area contributed by atoms with Crippen molar-refractivity contribution < 1.29 is 13.9 Å². The standard InChI is InChI=1S/C19H22N4O3/c20-19(24)11-23-9-6-16-17(23)2-1-3-18(16)26-15-4-7-22(8-5-15)10-14-12-25-13-21-14/h1-3,6,9,12-13,15H,4-5,7-8,10-11H2,(H2,20,24). The summed E-state index contributed by atoms with van der Waals surface area (Å²) in [7, 11) is 0. The molecule has 1 saturated heterocycles. The van der Waals surface area contributed by atoms with Gasteiger partial charge in [0.15, 0.2) is 6.39 Å². The van der Waals surface area contributed by atoms with E-state index in [1.807, 2.05) is 35.0 Å². The molecule has 0 aliphatic carbocycles. The Morgan fingerprint density at radius 3 is 2.88 bits per heavy atom. The Morgan fingerprint density at radius 1 is 1.31 bits per heavy atom. The zero-order valence-electron chi connectivity index (χ0n) is 14.5. The van der Waals surface area contributed by atoms with E-state index in [2.05, 4.69) is 9.88 Å². The van der Waals surface area contributed by atoms with Crippen LogP contribution in [0.1, 0.15) is 18.5 Å². The van der Waals surface area contributed by atoms with Crippen LogP contribution in [0.15, 0.2) is 47.5 Å². The highest BCUT2D eigenvalue weighted by molar-refractivity contribution is 5.87. The lowest BCUT2D eigenvalue weighted by Crippen LogP contribution is -2.37. The van der Waals surface area contributed by atoms with Crippen LogP contribution in [0.4, 0.5) is 0 Å². The van der Waals surface area contributed by atoms with Crippen LogP contribution in [0.2, 0.25) is 0 Å². The Morgan fingerprint density at radius 2 is 2.15 bits per heavy atom. The number of hydrogen-bond acceptors (Lipinski definition) is 5. The molecule has 0 radical (unpaired) electrons. The summed E-state index contributed by atoms with van der Waals surface area (Å²) >= 11 is 0. The molecule has 0 atom stereocenters. The molecule has 0 bridgehead atoms. The second kappa shape index (κ2) is 7.21. The molecular weight excluding hydrogens is 332 g/mol. The van der Waals surface area contributed by atoms with Crippen molar-refractivity contribution in [2.75, 3.05) is 13.1 Å². The first-order chi connectivity index (χ1) is 12.7. The second-order valence-electron chi connectivity index (χ2n) is 6.67. The van der Waals surface area contributed by atoms with E-state index in [-0.39, 0.29) is 18.6 Å². The average molecular weight is 354 g/mol. The van der Waals surface area contributed by atoms with E-state index in [1.165, 1.54) is 6.39 Å². The van der Waals surface area contributed by atoms with Crippen molar-refractivity contribution >= 4 is 16.8 Å². The highest BCUT2D eigenvalue weighted by atomic mass is 16.5. The number of rotatable bonds is 6. The number of benzene rings is 1. The molecule has 2 N–H and O–H groups in total. The van der Waals surface area contributed by atoms with Gasteiger partial charge in [0.25, 0.3) is 0 Å². The molecule has 0 spiro atoms. The van der Waals surface area contributed by atoms with Crippen molar-refractivity contribution in [1.29, 1.82) is 0 Å². The third kappa shape index (κ3) is 3.57. The van der Waals surface area contributed by atoms with E-state index in [0.29, 0.717) is 0 Å². The number of carbonyl (C=O) groups is 1. The summed E-state index contributed by atoms with van der Waals surface area (Å²) in [5, 5.41) is 1.01. The number of carbonyl (C=O) groups excluding carboxylic acids is 1. The normalized spacial score (nSPS) is 16.2. The van der Waals surface area contributed by atoms with Crippen LogP contribution in [0.3, 0.4) is 0 Å². The smallest absolute Gasteiger partial charge is 0.237 e.